The standard InChI is InChI=1S/C11H19N3S/c1-12-6-10-2-4-14(5-3-10)8-11-7-13-9-15-11/h7,9-10,12H,2-6,8H2,1H3. The second-order valence-electron chi connectivity index (χ2n) is 4.24. The molecule has 2 heterocycles. The van der Waals surface area contributed by atoms with Crippen molar-refractivity contribution in [2.75, 3.05) is 26.7 Å². The fraction of sp³-hybridized carbons (Fsp3) is 0.727. The molecule has 3 nitrogen and oxygen atoms in total. The average molecular weight is 225 g/mol. The minimum atomic E-state index is 0.882. The number of rotatable bonds is 4. The van der Waals surface area contributed by atoms with Gasteiger partial charge in [0.25, 0.3) is 0 Å². The van der Waals surface area contributed by atoms with Gasteiger partial charge in [0.05, 0.1) is 5.51 Å². The van der Waals surface area contributed by atoms with Crippen molar-refractivity contribution in [3.8, 4) is 0 Å². The average Bonchev–Trinajstić information content (AvgIpc) is 2.74. The van der Waals surface area contributed by atoms with E-state index in [1.807, 2.05) is 18.8 Å². The van der Waals surface area contributed by atoms with Gasteiger partial charge >= 0.3 is 0 Å². The topological polar surface area (TPSA) is 28.2 Å². The van der Waals surface area contributed by atoms with Crippen LogP contribution in [0.5, 0.6) is 0 Å². The van der Waals surface area contributed by atoms with Crippen molar-refractivity contribution < 1.29 is 0 Å². The van der Waals surface area contributed by atoms with Gasteiger partial charge in [-0.15, -0.1) is 11.3 Å². The van der Waals surface area contributed by atoms with E-state index in [9.17, 15) is 0 Å². The van der Waals surface area contributed by atoms with E-state index in [-0.39, 0.29) is 0 Å². The lowest BCUT2D eigenvalue weighted by Gasteiger charge is -2.31. The van der Waals surface area contributed by atoms with Crippen LogP contribution < -0.4 is 5.32 Å². The highest BCUT2D eigenvalue weighted by atomic mass is 32.1. The van der Waals surface area contributed by atoms with Crippen LogP contribution >= 0.6 is 11.3 Å². The maximum absolute atomic E-state index is 4.11. The molecule has 1 aromatic rings. The molecule has 0 aliphatic carbocycles. The summed E-state index contributed by atoms with van der Waals surface area (Å²) in [6.45, 7) is 4.75. The minimum Gasteiger partial charge on any atom is -0.319 e. The molecule has 0 saturated carbocycles. The van der Waals surface area contributed by atoms with E-state index in [1.165, 1.54) is 37.4 Å². The highest BCUT2D eigenvalue weighted by molar-refractivity contribution is 7.09. The van der Waals surface area contributed by atoms with Crippen molar-refractivity contribution in [3.63, 3.8) is 0 Å². The van der Waals surface area contributed by atoms with Crippen LogP contribution in [0, 0.1) is 5.92 Å². The number of piperidine rings is 1. The Morgan fingerprint density at radius 2 is 2.33 bits per heavy atom. The van der Waals surface area contributed by atoms with Gasteiger partial charge < -0.3 is 5.32 Å². The Balaban J connectivity index is 1.74. The lowest BCUT2D eigenvalue weighted by molar-refractivity contribution is 0.178. The van der Waals surface area contributed by atoms with E-state index in [4.69, 9.17) is 0 Å². The third-order valence-electron chi connectivity index (χ3n) is 3.06. The third-order valence-corrected chi connectivity index (χ3v) is 3.83. The summed E-state index contributed by atoms with van der Waals surface area (Å²) in [4.78, 5) is 8.05. The molecule has 1 fully saturated rings. The van der Waals surface area contributed by atoms with Crippen molar-refractivity contribution in [1.82, 2.24) is 15.2 Å². The van der Waals surface area contributed by atoms with E-state index in [0.29, 0.717) is 0 Å². The predicted molar refractivity (Wildman–Crippen MR) is 64.0 cm³/mol. The number of nitrogens with zero attached hydrogens (tertiary/aromatic N) is 2. The van der Waals surface area contributed by atoms with E-state index in [1.54, 1.807) is 11.3 Å². The number of hydrogen-bond acceptors (Lipinski definition) is 4. The van der Waals surface area contributed by atoms with Crippen LogP contribution in [0.2, 0.25) is 0 Å². The Bertz CT molecular complexity index is 265. The molecule has 1 aromatic heterocycles. The molecule has 2 rings (SSSR count). The van der Waals surface area contributed by atoms with E-state index >= 15 is 0 Å². The number of thiazole rings is 1. The largest absolute Gasteiger partial charge is 0.319 e. The number of likely N-dealkylation sites (tertiary alicyclic amines) is 1. The molecular weight excluding hydrogens is 206 g/mol. The Hall–Kier alpha value is -0.450. The first-order valence-electron chi connectivity index (χ1n) is 5.63. The highest BCUT2D eigenvalue weighted by Crippen LogP contribution is 2.19. The molecule has 4 heteroatoms. The fourth-order valence-electron chi connectivity index (χ4n) is 2.18. The highest BCUT2D eigenvalue weighted by Gasteiger charge is 2.18. The summed E-state index contributed by atoms with van der Waals surface area (Å²) in [5.74, 6) is 0.882. The molecule has 1 N–H and O–H groups in total. The van der Waals surface area contributed by atoms with Crippen LogP contribution in [0.3, 0.4) is 0 Å². The quantitative estimate of drug-likeness (QED) is 0.843. The van der Waals surface area contributed by atoms with Gasteiger partial charge in [-0.05, 0) is 45.4 Å². The zero-order valence-corrected chi connectivity index (χ0v) is 10.1. The summed E-state index contributed by atoms with van der Waals surface area (Å²) in [6.07, 6.45) is 4.66. The predicted octanol–water partition coefficient (Wildman–Crippen LogP) is 1.57. The maximum Gasteiger partial charge on any atom is 0.0794 e. The summed E-state index contributed by atoms with van der Waals surface area (Å²) in [6, 6.07) is 0. The molecule has 0 unspecified atom stereocenters. The van der Waals surface area contributed by atoms with Crippen molar-refractivity contribution in [2.24, 2.45) is 5.92 Å². The van der Waals surface area contributed by atoms with Crippen LogP contribution in [0.4, 0.5) is 0 Å². The van der Waals surface area contributed by atoms with Gasteiger partial charge in [0.1, 0.15) is 0 Å². The van der Waals surface area contributed by atoms with Gasteiger partial charge in [-0.2, -0.15) is 0 Å². The number of nitrogens with one attached hydrogen (secondary N) is 1. The normalized spacial score (nSPS) is 19.5. The molecule has 1 aliphatic heterocycles. The minimum absolute atomic E-state index is 0.882. The van der Waals surface area contributed by atoms with Crippen LogP contribution in [0.15, 0.2) is 11.7 Å². The zero-order chi connectivity index (χ0) is 10.5. The van der Waals surface area contributed by atoms with Crippen LogP contribution in [-0.4, -0.2) is 36.6 Å². The van der Waals surface area contributed by atoms with Gasteiger partial charge in [-0.1, -0.05) is 0 Å². The molecule has 1 saturated heterocycles. The van der Waals surface area contributed by atoms with Crippen molar-refractivity contribution >= 4 is 11.3 Å². The molecule has 0 atom stereocenters. The second kappa shape index (κ2) is 5.58. The van der Waals surface area contributed by atoms with Gasteiger partial charge in [0, 0.05) is 17.6 Å². The van der Waals surface area contributed by atoms with E-state index < -0.39 is 0 Å². The lowest BCUT2D eigenvalue weighted by atomic mass is 9.97. The van der Waals surface area contributed by atoms with Crippen molar-refractivity contribution in [1.29, 1.82) is 0 Å². The SMILES string of the molecule is CNCC1CCN(Cc2cncs2)CC1. The molecular formula is C11H19N3S. The monoisotopic (exact) mass is 225 g/mol. The van der Waals surface area contributed by atoms with Crippen LogP contribution in [0.25, 0.3) is 0 Å². The van der Waals surface area contributed by atoms with E-state index in [0.717, 1.165) is 12.5 Å². The Morgan fingerprint density at radius 3 is 2.93 bits per heavy atom. The van der Waals surface area contributed by atoms with Crippen molar-refractivity contribution in [3.05, 3.63) is 16.6 Å². The molecule has 1 aliphatic rings. The molecule has 0 spiro atoms. The summed E-state index contributed by atoms with van der Waals surface area (Å²) in [5.41, 5.74) is 1.92. The molecule has 0 aromatic carbocycles. The molecule has 0 amide bonds. The molecule has 15 heavy (non-hydrogen) atoms. The van der Waals surface area contributed by atoms with Gasteiger partial charge in [0.15, 0.2) is 0 Å². The smallest absolute Gasteiger partial charge is 0.0794 e. The van der Waals surface area contributed by atoms with Gasteiger partial charge in [-0.25, -0.2) is 0 Å². The van der Waals surface area contributed by atoms with Crippen molar-refractivity contribution in [2.45, 2.75) is 19.4 Å². The third kappa shape index (κ3) is 3.26. The second-order valence-corrected chi connectivity index (χ2v) is 5.22. The number of hydrogen-bond donors (Lipinski definition) is 1. The van der Waals surface area contributed by atoms with Crippen LogP contribution in [-0.2, 0) is 6.54 Å². The first kappa shape index (κ1) is 11.0. The maximum atomic E-state index is 4.11. The summed E-state index contributed by atoms with van der Waals surface area (Å²) < 4.78 is 0. The Labute approximate surface area is 95.5 Å². The Kier molecular flexibility index (Phi) is 4.11. The van der Waals surface area contributed by atoms with E-state index in [2.05, 4.69) is 15.2 Å². The Morgan fingerprint density at radius 1 is 1.53 bits per heavy atom. The lowest BCUT2D eigenvalue weighted by Crippen LogP contribution is -2.36. The first-order chi connectivity index (χ1) is 7.38. The number of aromatic nitrogens is 1. The fourth-order valence-corrected chi connectivity index (χ4v) is 2.81. The van der Waals surface area contributed by atoms with Gasteiger partial charge in [0.2, 0.25) is 0 Å². The molecule has 0 radical (unpaired) electrons. The summed E-state index contributed by atoms with van der Waals surface area (Å²) in [5, 5.41) is 3.27. The van der Waals surface area contributed by atoms with Gasteiger partial charge in [-0.3, -0.25) is 9.88 Å². The molecule has 84 valence electrons. The first-order valence-corrected chi connectivity index (χ1v) is 6.51. The zero-order valence-electron chi connectivity index (χ0n) is 9.28. The van der Waals surface area contributed by atoms with Crippen LogP contribution in [0.1, 0.15) is 17.7 Å². The summed E-state index contributed by atoms with van der Waals surface area (Å²) in [7, 11) is 2.05. The summed E-state index contributed by atoms with van der Waals surface area (Å²) >= 11 is 1.76. The molecule has 0 bridgehead atoms.